The lowest BCUT2D eigenvalue weighted by atomic mass is 10.3. The molecule has 0 saturated carbocycles. The monoisotopic (exact) mass is 285 g/mol. The lowest BCUT2D eigenvalue weighted by Crippen LogP contribution is -2.31. The Labute approximate surface area is 104 Å². The van der Waals surface area contributed by atoms with Crippen molar-refractivity contribution >= 4 is 15.9 Å². The van der Waals surface area contributed by atoms with Gasteiger partial charge in [-0.25, -0.2) is 0 Å². The Morgan fingerprint density at radius 3 is 3.06 bits per heavy atom. The minimum atomic E-state index is -0.515. The first kappa shape index (κ1) is 13.2. The summed E-state index contributed by atoms with van der Waals surface area (Å²) in [4.78, 5) is 0. The van der Waals surface area contributed by atoms with Crippen LogP contribution in [-0.4, -0.2) is 30.9 Å². The van der Waals surface area contributed by atoms with Crippen LogP contribution in [0.1, 0.15) is 0 Å². The van der Waals surface area contributed by atoms with Crippen molar-refractivity contribution in [3.63, 3.8) is 0 Å². The van der Waals surface area contributed by atoms with Gasteiger partial charge in [-0.2, -0.15) is 0 Å². The van der Waals surface area contributed by atoms with Gasteiger partial charge in [-0.3, -0.25) is 0 Å². The van der Waals surface area contributed by atoms with Crippen molar-refractivity contribution in [1.29, 1.82) is 0 Å². The van der Waals surface area contributed by atoms with Gasteiger partial charge in [-0.1, -0.05) is 28.1 Å². The SMILES string of the molecule is C=CCNCC(O)COc1cccc(Br)c1. The smallest absolute Gasteiger partial charge is 0.120 e. The molecule has 1 unspecified atom stereocenters. The number of nitrogens with one attached hydrogen (secondary N) is 1. The normalized spacial score (nSPS) is 12.1. The molecule has 0 saturated heterocycles. The van der Waals surface area contributed by atoms with E-state index >= 15 is 0 Å². The fourth-order valence-corrected chi connectivity index (χ4v) is 1.54. The molecule has 0 aliphatic carbocycles. The highest BCUT2D eigenvalue weighted by atomic mass is 79.9. The molecule has 0 spiro atoms. The fraction of sp³-hybridized carbons (Fsp3) is 0.333. The highest BCUT2D eigenvalue weighted by molar-refractivity contribution is 9.10. The molecule has 1 aromatic rings. The highest BCUT2D eigenvalue weighted by Gasteiger charge is 2.04. The number of hydrogen-bond acceptors (Lipinski definition) is 3. The topological polar surface area (TPSA) is 41.5 Å². The second-order valence-corrected chi connectivity index (χ2v) is 4.28. The number of halogens is 1. The summed E-state index contributed by atoms with van der Waals surface area (Å²) in [5.41, 5.74) is 0. The van der Waals surface area contributed by atoms with Gasteiger partial charge in [0.2, 0.25) is 0 Å². The van der Waals surface area contributed by atoms with Crippen molar-refractivity contribution in [2.24, 2.45) is 0 Å². The molecule has 0 heterocycles. The van der Waals surface area contributed by atoms with Crippen LogP contribution in [0.4, 0.5) is 0 Å². The summed E-state index contributed by atoms with van der Waals surface area (Å²) < 4.78 is 6.40. The van der Waals surface area contributed by atoms with Crippen LogP contribution in [0.25, 0.3) is 0 Å². The second kappa shape index (κ2) is 7.44. The highest BCUT2D eigenvalue weighted by Crippen LogP contribution is 2.17. The van der Waals surface area contributed by atoms with E-state index in [4.69, 9.17) is 4.74 Å². The molecule has 4 heteroatoms. The van der Waals surface area contributed by atoms with E-state index in [1.807, 2.05) is 24.3 Å². The Bertz CT molecular complexity index is 331. The summed E-state index contributed by atoms with van der Waals surface area (Å²) in [5.74, 6) is 0.747. The average molecular weight is 286 g/mol. The summed E-state index contributed by atoms with van der Waals surface area (Å²) in [5, 5.41) is 12.6. The third-order valence-corrected chi connectivity index (χ3v) is 2.40. The third kappa shape index (κ3) is 5.30. The molecular formula is C12H16BrNO2. The third-order valence-electron chi connectivity index (χ3n) is 1.91. The van der Waals surface area contributed by atoms with E-state index in [-0.39, 0.29) is 6.61 Å². The molecule has 0 aromatic heterocycles. The number of ether oxygens (including phenoxy) is 1. The van der Waals surface area contributed by atoms with Gasteiger partial charge in [-0.05, 0) is 18.2 Å². The average Bonchev–Trinajstić information content (AvgIpc) is 2.27. The molecular weight excluding hydrogens is 270 g/mol. The van der Waals surface area contributed by atoms with Gasteiger partial charge in [0.05, 0.1) is 0 Å². The van der Waals surface area contributed by atoms with Gasteiger partial charge in [0.25, 0.3) is 0 Å². The van der Waals surface area contributed by atoms with Crippen LogP contribution < -0.4 is 10.1 Å². The first-order valence-corrected chi connectivity index (χ1v) is 5.89. The predicted molar refractivity (Wildman–Crippen MR) is 68.7 cm³/mol. The minimum absolute atomic E-state index is 0.278. The van der Waals surface area contributed by atoms with Gasteiger partial charge in [-0.15, -0.1) is 6.58 Å². The number of rotatable bonds is 7. The van der Waals surface area contributed by atoms with Crippen LogP contribution in [-0.2, 0) is 0 Å². The molecule has 0 fully saturated rings. The van der Waals surface area contributed by atoms with Gasteiger partial charge >= 0.3 is 0 Å². The molecule has 88 valence electrons. The van der Waals surface area contributed by atoms with E-state index in [9.17, 15) is 5.11 Å². The first-order valence-electron chi connectivity index (χ1n) is 5.10. The standard InChI is InChI=1S/C12H16BrNO2/c1-2-6-14-8-11(15)9-16-12-5-3-4-10(13)7-12/h2-5,7,11,14-15H,1,6,8-9H2. The van der Waals surface area contributed by atoms with Crippen LogP contribution in [0.3, 0.4) is 0 Å². The van der Waals surface area contributed by atoms with Gasteiger partial charge in [0.1, 0.15) is 18.5 Å². The second-order valence-electron chi connectivity index (χ2n) is 3.37. The molecule has 3 nitrogen and oxygen atoms in total. The van der Waals surface area contributed by atoms with Crippen molar-refractivity contribution in [3.05, 3.63) is 41.4 Å². The summed E-state index contributed by atoms with van der Waals surface area (Å²) in [6, 6.07) is 7.54. The number of aliphatic hydroxyl groups is 1. The number of benzene rings is 1. The van der Waals surface area contributed by atoms with E-state index in [0.717, 1.165) is 10.2 Å². The molecule has 0 radical (unpaired) electrons. The molecule has 0 aliphatic rings. The van der Waals surface area contributed by atoms with Gasteiger partial charge < -0.3 is 15.2 Å². The van der Waals surface area contributed by atoms with Gasteiger partial charge in [0, 0.05) is 17.6 Å². The first-order chi connectivity index (χ1) is 7.72. The maximum atomic E-state index is 9.57. The Morgan fingerprint density at radius 1 is 1.56 bits per heavy atom. The van der Waals surface area contributed by atoms with E-state index in [1.54, 1.807) is 6.08 Å². The largest absolute Gasteiger partial charge is 0.491 e. The summed E-state index contributed by atoms with van der Waals surface area (Å²) in [7, 11) is 0. The molecule has 2 N–H and O–H groups in total. The van der Waals surface area contributed by atoms with E-state index in [2.05, 4.69) is 27.8 Å². The molecule has 0 bridgehead atoms. The van der Waals surface area contributed by atoms with Crippen LogP contribution in [0.15, 0.2) is 41.4 Å². The maximum Gasteiger partial charge on any atom is 0.120 e. The molecule has 16 heavy (non-hydrogen) atoms. The Hall–Kier alpha value is -0.840. The van der Waals surface area contributed by atoms with Crippen molar-refractivity contribution in [3.8, 4) is 5.75 Å². The van der Waals surface area contributed by atoms with E-state index in [0.29, 0.717) is 13.1 Å². The molecule has 0 aliphatic heterocycles. The zero-order chi connectivity index (χ0) is 11.8. The van der Waals surface area contributed by atoms with Crippen LogP contribution >= 0.6 is 15.9 Å². The van der Waals surface area contributed by atoms with Crippen LogP contribution in [0.2, 0.25) is 0 Å². The predicted octanol–water partition coefficient (Wildman–Crippen LogP) is 1.96. The molecule has 1 atom stereocenters. The Morgan fingerprint density at radius 2 is 2.38 bits per heavy atom. The summed E-state index contributed by atoms with van der Waals surface area (Å²) in [6.07, 6.45) is 1.24. The van der Waals surface area contributed by atoms with E-state index < -0.39 is 6.10 Å². The minimum Gasteiger partial charge on any atom is -0.491 e. The lowest BCUT2D eigenvalue weighted by molar-refractivity contribution is 0.107. The summed E-state index contributed by atoms with van der Waals surface area (Å²) >= 11 is 3.35. The summed E-state index contributed by atoms with van der Waals surface area (Å²) in [6.45, 7) is 5.05. The number of aliphatic hydroxyl groups excluding tert-OH is 1. The molecule has 1 aromatic carbocycles. The van der Waals surface area contributed by atoms with Crippen LogP contribution in [0, 0.1) is 0 Å². The Balaban J connectivity index is 2.25. The molecule has 1 rings (SSSR count). The maximum absolute atomic E-state index is 9.57. The Kier molecular flexibility index (Phi) is 6.15. The fourth-order valence-electron chi connectivity index (χ4n) is 1.16. The molecule has 0 amide bonds. The van der Waals surface area contributed by atoms with Crippen molar-refractivity contribution in [2.75, 3.05) is 19.7 Å². The van der Waals surface area contributed by atoms with Gasteiger partial charge in [0.15, 0.2) is 0 Å². The van der Waals surface area contributed by atoms with Crippen molar-refractivity contribution in [2.45, 2.75) is 6.10 Å². The zero-order valence-electron chi connectivity index (χ0n) is 9.03. The van der Waals surface area contributed by atoms with Crippen molar-refractivity contribution in [1.82, 2.24) is 5.32 Å². The van der Waals surface area contributed by atoms with Crippen molar-refractivity contribution < 1.29 is 9.84 Å². The van der Waals surface area contributed by atoms with E-state index in [1.165, 1.54) is 0 Å². The van der Waals surface area contributed by atoms with Crippen LogP contribution in [0.5, 0.6) is 5.75 Å². The lowest BCUT2D eigenvalue weighted by Gasteiger charge is -2.12. The quantitative estimate of drug-likeness (QED) is 0.595. The number of hydrogen-bond donors (Lipinski definition) is 2. The zero-order valence-corrected chi connectivity index (χ0v) is 10.6.